The van der Waals surface area contributed by atoms with E-state index in [1.807, 2.05) is 30.0 Å². The molecule has 4 aromatic rings. The first-order valence-corrected chi connectivity index (χ1v) is 16.8. The van der Waals surface area contributed by atoms with Gasteiger partial charge in [0, 0.05) is 24.4 Å². The third-order valence-electron chi connectivity index (χ3n) is 7.76. The van der Waals surface area contributed by atoms with Crippen LogP contribution in [0.15, 0.2) is 91.0 Å². The molecule has 0 N–H and O–H groups in total. The molecular formula is C32H36N4O4S2. The van der Waals surface area contributed by atoms with Crippen LogP contribution in [0, 0.1) is 6.92 Å². The topological polar surface area (TPSA) is 94.4 Å². The Morgan fingerprint density at radius 1 is 0.952 bits per heavy atom. The largest absolute Gasteiger partial charge is 0.461 e. The molecule has 10 heteroatoms. The van der Waals surface area contributed by atoms with Crippen molar-refractivity contribution >= 4 is 27.8 Å². The second-order valence-corrected chi connectivity index (χ2v) is 13.9. The predicted octanol–water partition coefficient (Wildman–Crippen LogP) is 5.28. The molecule has 0 bridgehead atoms. The number of aromatic nitrogens is 3. The fourth-order valence-electron chi connectivity index (χ4n) is 5.80. The standard InChI is InChI=1S/C32H36N4O4S2/c1-4-40-31(37)30-24(2)35(34-33-30)21-20-28-22-29(23-36(28)42(3,38)39)41-32(25-14-8-5-9-15-25,26-16-10-6-11-17-26)27-18-12-7-13-19-27/h5-19,28-29H,4,20-23H2,1-3H3. The maximum Gasteiger partial charge on any atom is 0.360 e. The Kier molecular flexibility index (Phi) is 9.15. The first-order chi connectivity index (χ1) is 20.2. The minimum absolute atomic E-state index is 0.0253. The van der Waals surface area contributed by atoms with Gasteiger partial charge in [-0.2, -0.15) is 4.31 Å². The summed E-state index contributed by atoms with van der Waals surface area (Å²) in [7, 11) is -3.46. The molecule has 1 fully saturated rings. The van der Waals surface area contributed by atoms with Gasteiger partial charge < -0.3 is 4.74 Å². The molecule has 42 heavy (non-hydrogen) atoms. The number of rotatable bonds is 11. The third kappa shape index (κ3) is 6.16. The molecule has 1 aromatic heterocycles. The number of thioether (sulfide) groups is 1. The number of benzene rings is 3. The summed E-state index contributed by atoms with van der Waals surface area (Å²) in [4.78, 5) is 12.2. The van der Waals surface area contributed by atoms with Gasteiger partial charge in [-0.05, 0) is 43.4 Å². The van der Waals surface area contributed by atoms with Gasteiger partial charge in [-0.15, -0.1) is 16.9 Å². The van der Waals surface area contributed by atoms with Gasteiger partial charge in [-0.25, -0.2) is 17.9 Å². The predicted molar refractivity (Wildman–Crippen MR) is 166 cm³/mol. The zero-order chi connectivity index (χ0) is 29.7. The van der Waals surface area contributed by atoms with Crippen molar-refractivity contribution in [1.29, 1.82) is 0 Å². The van der Waals surface area contributed by atoms with Crippen molar-refractivity contribution < 1.29 is 17.9 Å². The smallest absolute Gasteiger partial charge is 0.360 e. The highest BCUT2D eigenvalue weighted by molar-refractivity contribution is 8.01. The summed E-state index contributed by atoms with van der Waals surface area (Å²) in [5.41, 5.74) is 4.24. The summed E-state index contributed by atoms with van der Waals surface area (Å²) >= 11 is 1.82. The Morgan fingerprint density at radius 3 is 1.95 bits per heavy atom. The number of ether oxygens (including phenoxy) is 1. The molecule has 0 radical (unpaired) electrons. The van der Waals surface area contributed by atoms with Gasteiger partial charge in [-0.3, -0.25) is 0 Å². The van der Waals surface area contributed by atoms with Crippen LogP contribution in [-0.4, -0.2) is 64.4 Å². The van der Waals surface area contributed by atoms with Gasteiger partial charge in [-0.1, -0.05) is 96.2 Å². The Balaban J connectivity index is 1.47. The SMILES string of the molecule is CCOC(=O)c1nnn(CCC2CC(SC(c3ccccc3)(c3ccccc3)c3ccccc3)CN2S(C)(=O)=O)c1C. The van der Waals surface area contributed by atoms with E-state index >= 15 is 0 Å². The van der Waals surface area contributed by atoms with Crippen molar-refractivity contribution in [2.45, 2.75) is 49.3 Å². The fraction of sp³-hybridized carbons (Fsp3) is 0.344. The van der Waals surface area contributed by atoms with Crippen molar-refractivity contribution in [3.8, 4) is 0 Å². The Labute approximate surface area is 252 Å². The lowest BCUT2D eigenvalue weighted by molar-refractivity contribution is 0.0518. The van der Waals surface area contributed by atoms with Gasteiger partial charge in [0.05, 0.1) is 23.3 Å². The van der Waals surface area contributed by atoms with E-state index in [9.17, 15) is 13.2 Å². The average molecular weight is 605 g/mol. The highest BCUT2D eigenvalue weighted by Gasteiger charge is 2.45. The van der Waals surface area contributed by atoms with Crippen LogP contribution in [-0.2, 0) is 26.1 Å². The maximum absolute atomic E-state index is 13.0. The van der Waals surface area contributed by atoms with E-state index in [2.05, 4.69) is 83.1 Å². The second kappa shape index (κ2) is 12.8. The monoisotopic (exact) mass is 604 g/mol. The molecule has 2 heterocycles. The lowest BCUT2D eigenvalue weighted by Gasteiger charge is -2.37. The van der Waals surface area contributed by atoms with E-state index in [0.717, 1.165) is 16.7 Å². The van der Waals surface area contributed by atoms with Crippen molar-refractivity contribution in [2.24, 2.45) is 0 Å². The Bertz CT molecular complexity index is 1500. The lowest BCUT2D eigenvalue weighted by atomic mass is 9.84. The van der Waals surface area contributed by atoms with Gasteiger partial charge in [0.25, 0.3) is 0 Å². The first kappa shape index (κ1) is 30.0. The molecular weight excluding hydrogens is 569 g/mol. The zero-order valence-electron chi connectivity index (χ0n) is 24.1. The van der Waals surface area contributed by atoms with Gasteiger partial charge in [0.1, 0.15) is 0 Å². The minimum Gasteiger partial charge on any atom is -0.461 e. The van der Waals surface area contributed by atoms with E-state index in [0.29, 0.717) is 31.6 Å². The summed E-state index contributed by atoms with van der Waals surface area (Å²) in [5, 5.41) is 8.20. The lowest BCUT2D eigenvalue weighted by Crippen LogP contribution is -2.36. The van der Waals surface area contributed by atoms with Gasteiger partial charge >= 0.3 is 5.97 Å². The van der Waals surface area contributed by atoms with E-state index in [1.54, 1.807) is 22.8 Å². The van der Waals surface area contributed by atoms with Crippen LogP contribution in [0.25, 0.3) is 0 Å². The Morgan fingerprint density at radius 2 is 1.48 bits per heavy atom. The molecule has 3 aromatic carbocycles. The van der Waals surface area contributed by atoms with Crippen molar-refractivity contribution in [3.63, 3.8) is 0 Å². The molecule has 1 aliphatic heterocycles. The number of hydrogen-bond donors (Lipinski definition) is 0. The van der Waals surface area contributed by atoms with Crippen molar-refractivity contribution in [1.82, 2.24) is 19.3 Å². The summed E-state index contributed by atoms with van der Waals surface area (Å²) in [6, 6.07) is 31.1. The highest BCUT2D eigenvalue weighted by Crippen LogP contribution is 2.52. The number of hydrogen-bond acceptors (Lipinski definition) is 7. The molecule has 8 nitrogen and oxygen atoms in total. The molecule has 0 saturated carbocycles. The van der Waals surface area contributed by atoms with Crippen LogP contribution in [0.4, 0.5) is 0 Å². The van der Waals surface area contributed by atoms with E-state index < -0.39 is 20.7 Å². The molecule has 0 spiro atoms. The number of carbonyl (C=O) groups excluding carboxylic acids is 1. The van der Waals surface area contributed by atoms with Crippen LogP contribution >= 0.6 is 11.8 Å². The van der Waals surface area contributed by atoms with Crippen LogP contribution in [0.5, 0.6) is 0 Å². The molecule has 1 aliphatic rings. The molecule has 5 rings (SSSR count). The summed E-state index contributed by atoms with van der Waals surface area (Å²) in [6.45, 7) is 4.63. The Hall–Kier alpha value is -3.47. The number of carbonyl (C=O) groups is 1. The second-order valence-electron chi connectivity index (χ2n) is 10.5. The molecule has 1 saturated heterocycles. The summed E-state index contributed by atoms with van der Waals surface area (Å²) in [6.07, 6.45) is 2.52. The highest BCUT2D eigenvalue weighted by atomic mass is 32.2. The van der Waals surface area contributed by atoms with E-state index in [4.69, 9.17) is 4.74 Å². The third-order valence-corrected chi connectivity index (χ3v) is 10.8. The van der Waals surface area contributed by atoms with E-state index in [1.165, 1.54) is 6.26 Å². The van der Waals surface area contributed by atoms with Crippen LogP contribution in [0.3, 0.4) is 0 Å². The zero-order valence-corrected chi connectivity index (χ0v) is 25.7. The van der Waals surface area contributed by atoms with E-state index in [-0.39, 0.29) is 23.6 Å². The molecule has 0 aliphatic carbocycles. The maximum atomic E-state index is 13.0. The summed E-state index contributed by atoms with van der Waals surface area (Å²) < 4.78 is 33.9. The quantitative estimate of drug-likeness (QED) is 0.170. The van der Waals surface area contributed by atoms with Crippen LogP contribution < -0.4 is 0 Å². The summed E-state index contributed by atoms with van der Waals surface area (Å²) in [5.74, 6) is -0.504. The minimum atomic E-state index is -3.46. The first-order valence-electron chi connectivity index (χ1n) is 14.1. The van der Waals surface area contributed by atoms with Crippen LogP contribution in [0.1, 0.15) is 52.6 Å². The van der Waals surface area contributed by atoms with Crippen molar-refractivity contribution in [2.75, 3.05) is 19.4 Å². The normalized spacial score (nSPS) is 17.8. The molecule has 0 amide bonds. The molecule has 2 atom stereocenters. The van der Waals surface area contributed by atoms with Gasteiger partial charge in [0.15, 0.2) is 5.69 Å². The number of sulfonamides is 1. The van der Waals surface area contributed by atoms with Crippen molar-refractivity contribution in [3.05, 3.63) is 119 Å². The molecule has 220 valence electrons. The van der Waals surface area contributed by atoms with Gasteiger partial charge in [0.2, 0.25) is 10.0 Å². The molecule has 2 unspecified atom stereocenters. The number of esters is 1. The number of nitrogens with zero attached hydrogens (tertiary/aromatic N) is 4. The van der Waals surface area contributed by atoms with Crippen LogP contribution in [0.2, 0.25) is 0 Å². The fourth-order valence-corrected chi connectivity index (χ4v) is 8.95. The number of aryl methyl sites for hydroxylation is 1. The average Bonchev–Trinajstić information content (AvgIpc) is 3.59.